The first-order valence-corrected chi connectivity index (χ1v) is 11.5. The largest absolute Gasteiger partial charge is 0.497 e. The van der Waals surface area contributed by atoms with Gasteiger partial charge in [0.05, 0.1) is 13.2 Å². The first-order chi connectivity index (χ1) is 14.0. The zero-order valence-corrected chi connectivity index (χ0v) is 17.9. The van der Waals surface area contributed by atoms with Gasteiger partial charge in [0.25, 0.3) is 0 Å². The molecular weight excluding hydrogens is 362 g/mol. The maximum atomic E-state index is 13.2. The lowest BCUT2D eigenvalue weighted by Gasteiger charge is -2.57. The number of ether oxygens (including phenoxy) is 1. The van der Waals surface area contributed by atoms with E-state index < -0.39 is 0 Å². The minimum absolute atomic E-state index is 0.0407. The number of methoxy groups -OCH3 is 1. The molecule has 1 N–H and O–H groups in total. The van der Waals surface area contributed by atoms with Gasteiger partial charge in [-0.3, -0.25) is 9.69 Å². The fraction of sp³-hybridized carbons (Fsp3) is 0.708. The van der Waals surface area contributed by atoms with Crippen LogP contribution < -0.4 is 15.0 Å². The zero-order chi connectivity index (χ0) is 20.0. The number of rotatable bonds is 5. The van der Waals surface area contributed by atoms with Crippen LogP contribution >= 0.6 is 0 Å². The highest BCUT2D eigenvalue weighted by Crippen LogP contribution is 2.55. The molecule has 1 amide bonds. The fourth-order valence-electron chi connectivity index (χ4n) is 6.96. The van der Waals surface area contributed by atoms with Crippen LogP contribution in [0.15, 0.2) is 24.3 Å². The van der Waals surface area contributed by atoms with Crippen molar-refractivity contribution in [3.05, 3.63) is 24.3 Å². The van der Waals surface area contributed by atoms with E-state index in [9.17, 15) is 4.79 Å². The summed E-state index contributed by atoms with van der Waals surface area (Å²) in [5, 5.41) is 3.57. The summed E-state index contributed by atoms with van der Waals surface area (Å²) >= 11 is 0. The second-order valence-electron chi connectivity index (χ2n) is 10.1. The van der Waals surface area contributed by atoms with Gasteiger partial charge in [0, 0.05) is 37.4 Å². The number of hydrogen-bond acceptors (Lipinski definition) is 4. The number of carbonyl (C=O) groups excluding carboxylic acids is 1. The Morgan fingerprint density at radius 3 is 2.07 bits per heavy atom. The number of carbonyl (C=O) groups is 1. The maximum absolute atomic E-state index is 13.2. The third-order valence-corrected chi connectivity index (χ3v) is 8.11. The topological polar surface area (TPSA) is 44.8 Å². The number of amides is 1. The molecule has 1 aliphatic heterocycles. The molecule has 1 aromatic rings. The summed E-state index contributed by atoms with van der Waals surface area (Å²) in [6.07, 6.45) is 7.92. The van der Waals surface area contributed by atoms with Gasteiger partial charge < -0.3 is 15.0 Å². The van der Waals surface area contributed by atoms with Gasteiger partial charge in [0.1, 0.15) is 5.75 Å². The van der Waals surface area contributed by atoms with Crippen LogP contribution in [0.1, 0.15) is 45.4 Å². The van der Waals surface area contributed by atoms with E-state index >= 15 is 0 Å². The predicted molar refractivity (Wildman–Crippen MR) is 115 cm³/mol. The SMILES string of the molecule is COc1ccc(N2CCN([C@H](C)C(=O)NC34CC5CC(CC(C5)C3)C4)CC2)cc1. The molecule has 0 aromatic heterocycles. The second-order valence-corrected chi connectivity index (χ2v) is 10.1. The van der Waals surface area contributed by atoms with Gasteiger partial charge in [-0.25, -0.2) is 0 Å². The first kappa shape index (κ1) is 19.2. The summed E-state index contributed by atoms with van der Waals surface area (Å²) in [5.41, 5.74) is 1.35. The van der Waals surface area contributed by atoms with E-state index in [0.717, 1.165) is 49.7 Å². The smallest absolute Gasteiger partial charge is 0.237 e. The van der Waals surface area contributed by atoms with Crippen LogP contribution in [0.2, 0.25) is 0 Å². The Bertz CT molecular complexity index is 704. The van der Waals surface area contributed by atoms with Gasteiger partial charge >= 0.3 is 0 Å². The quantitative estimate of drug-likeness (QED) is 0.828. The van der Waals surface area contributed by atoms with Crippen LogP contribution in [0.4, 0.5) is 5.69 Å². The number of hydrogen-bond donors (Lipinski definition) is 1. The summed E-state index contributed by atoms with van der Waals surface area (Å²) in [6, 6.07) is 8.24. The molecule has 1 atom stereocenters. The molecule has 5 aliphatic rings. The lowest BCUT2D eigenvalue weighted by Crippen LogP contribution is -2.63. The van der Waals surface area contributed by atoms with Crippen molar-refractivity contribution in [1.82, 2.24) is 10.2 Å². The van der Waals surface area contributed by atoms with E-state index in [0.29, 0.717) is 0 Å². The van der Waals surface area contributed by atoms with Crippen LogP contribution in [0.5, 0.6) is 5.75 Å². The van der Waals surface area contributed by atoms with Crippen molar-refractivity contribution in [1.29, 1.82) is 0 Å². The predicted octanol–water partition coefficient (Wildman–Crippen LogP) is 3.29. The van der Waals surface area contributed by atoms with Crippen molar-refractivity contribution in [2.24, 2.45) is 17.8 Å². The Kier molecular flexibility index (Phi) is 4.97. The standard InChI is InChI=1S/C24H35N3O2/c1-17(23(28)25-24-14-18-11-19(15-24)13-20(12-18)16-24)26-7-9-27(10-8-26)21-3-5-22(29-2)6-4-21/h3-6,17-20H,7-16H2,1-2H3,(H,25,28)/t17-,18?,19?,20?,24?/m1/s1. The van der Waals surface area contributed by atoms with Crippen LogP contribution in [0, 0.1) is 17.8 Å². The molecule has 4 saturated carbocycles. The van der Waals surface area contributed by atoms with Crippen molar-refractivity contribution >= 4 is 11.6 Å². The second kappa shape index (κ2) is 7.50. The van der Waals surface area contributed by atoms with E-state index in [-0.39, 0.29) is 17.5 Å². The normalized spacial score (nSPS) is 34.8. The third kappa shape index (κ3) is 3.74. The molecule has 0 radical (unpaired) electrons. The molecule has 1 heterocycles. The summed E-state index contributed by atoms with van der Waals surface area (Å²) in [5.74, 6) is 3.74. The highest BCUT2D eigenvalue weighted by molar-refractivity contribution is 5.82. The van der Waals surface area contributed by atoms with Crippen molar-refractivity contribution in [2.75, 3.05) is 38.2 Å². The first-order valence-electron chi connectivity index (χ1n) is 11.5. The van der Waals surface area contributed by atoms with Crippen molar-refractivity contribution < 1.29 is 9.53 Å². The molecule has 6 rings (SSSR count). The van der Waals surface area contributed by atoms with Gasteiger partial charge in [-0.15, -0.1) is 0 Å². The van der Waals surface area contributed by atoms with Crippen molar-refractivity contribution in [2.45, 2.75) is 57.0 Å². The van der Waals surface area contributed by atoms with Gasteiger partial charge in [0.15, 0.2) is 0 Å². The lowest BCUT2D eigenvalue weighted by molar-refractivity contribution is -0.131. The number of nitrogens with zero attached hydrogens (tertiary/aromatic N) is 2. The fourth-order valence-corrected chi connectivity index (χ4v) is 6.96. The minimum Gasteiger partial charge on any atom is -0.497 e. The molecule has 4 bridgehead atoms. The van der Waals surface area contributed by atoms with E-state index in [4.69, 9.17) is 4.74 Å². The van der Waals surface area contributed by atoms with Crippen molar-refractivity contribution in [3.8, 4) is 5.75 Å². The molecule has 158 valence electrons. The zero-order valence-electron chi connectivity index (χ0n) is 17.9. The Morgan fingerprint density at radius 1 is 1.00 bits per heavy atom. The van der Waals surface area contributed by atoms with E-state index in [1.807, 2.05) is 12.1 Å². The lowest BCUT2D eigenvalue weighted by atomic mass is 9.53. The summed E-state index contributed by atoms with van der Waals surface area (Å²) in [6.45, 7) is 5.88. The highest BCUT2D eigenvalue weighted by atomic mass is 16.5. The molecule has 29 heavy (non-hydrogen) atoms. The minimum atomic E-state index is -0.0407. The average Bonchev–Trinajstić information content (AvgIpc) is 2.72. The van der Waals surface area contributed by atoms with Crippen molar-refractivity contribution in [3.63, 3.8) is 0 Å². The monoisotopic (exact) mass is 397 g/mol. The van der Waals surface area contributed by atoms with E-state index in [1.165, 1.54) is 44.2 Å². The summed E-state index contributed by atoms with van der Waals surface area (Å²) in [7, 11) is 1.70. The van der Waals surface area contributed by atoms with E-state index in [1.54, 1.807) is 7.11 Å². The third-order valence-electron chi connectivity index (χ3n) is 8.11. The number of anilines is 1. The number of benzene rings is 1. The van der Waals surface area contributed by atoms with Gasteiger partial charge in [-0.05, 0) is 87.5 Å². The Morgan fingerprint density at radius 2 is 1.55 bits per heavy atom. The summed E-state index contributed by atoms with van der Waals surface area (Å²) in [4.78, 5) is 17.9. The van der Waals surface area contributed by atoms with Crippen LogP contribution in [0.25, 0.3) is 0 Å². The van der Waals surface area contributed by atoms with Gasteiger partial charge in [-0.1, -0.05) is 0 Å². The molecular formula is C24H35N3O2. The Hall–Kier alpha value is -1.75. The Labute approximate surface area is 174 Å². The van der Waals surface area contributed by atoms with Crippen LogP contribution in [-0.4, -0.2) is 55.7 Å². The maximum Gasteiger partial charge on any atom is 0.237 e. The Balaban J connectivity index is 1.16. The van der Waals surface area contributed by atoms with Crippen LogP contribution in [-0.2, 0) is 4.79 Å². The van der Waals surface area contributed by atoms with Gasteiger partial charge in [-0.2, -0.15) is 0 Å². The van der Waals surface area contributed by atoms with E-state index in [2.05, 4.69) is 34.2 Å². The summed E-state index contributed by atoms with van der Waals surface area (Å²) < 4.78 is 5.26. The molecule has 5 nitrogen and oxygen atoms in total. The number of piperazine rings is 1. The molecule has 5 fully saturated rings. The number of nitrogens with one attached hydrogen (secondary N) is 1. The molecule has 0 unspecified atom stereocenters. The average molecular weight is 398 g/mol. The molecule has 1 aromatic carbocycles. The molecule has 5 heteroatoms. The highest BCUT2D eigenvalue weighted by Gasteiger charge is 2.51. The van der Waals surface area contributed by atoms with Crippen LogP contribution in [0.3, 0.4) is 0 Å². The molecule has 4 aliphatic carbocycles. The molecule has 0 spiro atoms. The molecule has 1 saturated heterocycles. The van der Waals surface area contributed by atoms with Gasteiger partial charge in [0.2, 0.25) is 5.91 Å².